The zero-order valence-corrected chi connectivity index (χ0v) is 31.3. The van der Waals surface area contributed by atoms with Crippen molar-refractivity contribution in [2.75, 3.05) is 46.9 Å². The molecule has 1 rings (SSSR count). The molecule has 0 aromatic rings. The fourth-order valence-corrected chi connectivity index (χ4v) is 6.75. The third kappa shape index (κ3) is 22.6. The van der Waals surface area contributed by atoms with Gasteiger partial charge in [0, 0.05) is 25.4 Å². The molecule has 1 heterocycles. The Bertz CT molecular complexity index is 805. The summed E-state index contributed by atoms with van der Waals surface area (Å²) in [7, 11) is 3.81. The minimum absolute atomic E-state index is 0.0120. The number of amides is 2. The number of unbranched alkanes of at least 4 members (excludes halogenated alkanes) is 21. The molecule has 0 spiro atoms. The zero-order chi connectivity index (χ0) is 34.6. The van der Waals surface area contributed by atoms with Crippen LogP contribution in [-0.4, -0.2) is 91.3 Å². The summed E-state index contributed by atoms with van der Waals surface area (Å²) in [5.41, 5.74) is 0. The van der Waals surface area contributed by atoms with Crippen molar-refractivity contribution in [1.82, 2.24) is 10.2 Å². The third-order valence-electron chi connectivity index (χ3n) is 9.77. The van der Waals surface area contributed by atoms with Crippen molar-refractivity contribution >= 4 is 17.8 Å². The van der Waals surface area contributed by atoms with Crippen molar-refractivity contribution in [2.24, 2.45) is 0 Å². The number of hydrogen-bond donors (Lipinski definition) is 2. The van der Waals surface area contributed by atoms with Gasteiger partial charge in [0.1, 0.15) is 12.6 Å². The second-order valence-electron chi connectivity index (χ2n) is 14.9. The minimum Gasteiger partial charge on any atom is -0.464 e. The lowest BCUT2D eigenvalue weighted by Crippen LogP contribution is -2.51. The van der Waals surface area contributed by atoms with E-state index in [1.165, 1.54) is 116 Å². The van der Waals surface area contributed by atoms with E-state index in [1.807, 2.05) is 14.1 Å². The quantitative estimate of drug-likeness (QED) is 0.0443. The first-order chi connectivity index (χ1) is 22.7. The number of quaternary nitrogens is 1. The van der Waals surface area contributed by atoms with Gasteiger partial charge < -0.3 is 24.5 Å². The van der Waals surface area contributed by atoms with E-state index in [4.69, 9.17) is 4.74 Å². The summed E-state index contributed by atoms with van der Waals surface area (Å²) >= 11 is 0. The van der Waals surface area contributed by atoms with Crippen molar-refractivity contribution in [3.8, 4) is 0 Å². The van der Waals surface area contributed by atoms with E-state index in [-0.39, 0.29) is 37.0 Å². The molecule has 8 nitrogen and oxygen atoms in total. The van der Waals surface area contributed by atoms with E-state index in [1.54, 1.807) is 4.90 Å². The van der Waals surface area contributed by atoms with Gasteiger partial charge in [-0.25, -0.2) is 4.79 Å². The number of aliphatic hydroxyl groups is 1. The Labute approximate surface area is 289 Å². The van der Waals surface area contributed by atoms with Crippen molar-refractivity contribution in [3.63, 3.8) is 0 Å². The molecule has 1 fully saturated rings. The molecule has 0 saturated carbocycles. The van der Waals surface area contributed by atoms with E-state index in [0.717, 1.165) is 32.1 Å². The second kappa shape index (κ2) is 28.2. The first kappa shape index (κ1) is 43.4. The summed E-state index contributed by atoms with van der Waals surface area (Å²) in [5, 5.41) is 12.4. The molecule has 0 aliphatic carbocycles. The summed E-state index contributed by atoms with van der Waals surface area (Å²) < 4.78 is 6.08. The maximum Gasteiger partial charge on any atom is 0.328 e. The topological polar surface area (TPSA) is 95.9 Å². The van der Waals surface area contributed by atoms with Gasteiger partial charge in [0.25, 0.3) is 5.91 Å². The monoisotopic (exact) mass is 667 g/mol. The molecule has 2 N–H and O–H groups in total. The summed E-state index contributed by atoms with van der Waals surface area (Å²) in [6.07, 6.45) is 29.3. The Balaban J connectivity index is 2.44. The lowest BCUT2D eigenvalue weighted by atomic mass is 10.0. The first-order valence-corrected chi connectivity index (χ1v) is 19.9. The number of aliphatic hydroxyl groups excluding tert-OH is 1. The normalized spacial score (nSPS) is 16.5. The van der Waals surface area contributed by atoms with Gasteiger partial charge in [-0.05, 0) is 12.8 Å². The van der Waals surface area contributed by atoms with Crippen molar-refractivity contribution in [3.05, 3.63) is 0 Å². The molecular weight excluding hydrogens is 590 g/mol. The molecule has 1 aliphatic heterocycles. The standard InChI is InChI=1S/C39H75N3O5/c1-5-7-9-11-13-15-17-19-21-23-25-27-31-47-39(46)36-32-35(40-37(44)34-42(3,4)29-30-43)33-41(36)38(45)28-26-24-22-20-18-16-14-12-10-8-6-2/h35-36,43H,5-34H2,1-4H3/p+1/t35-,36+/m1/s1. The maximum absolute atomic E-state index is 13.3. The molecule has 0 radical (unpaired) electrons. The highest BCUT2D eigenvalue weighted by Crippen LogP contribution is 2.22. The van der Waals surface area contributed by atoms with Crippen LogP contribution >= 0.6 is 0 Å². The number of nitrogens with zero attached hydrogens (tertiary/aromatic N) is 2. The Morgan fingerprint density at radius 2 is 1.15 bits per heavy atom. The lowest BCUT2D eigenvalue weighted by molar-refractivity contribution is -0.882. The molecule has 0 aromatic heterocycles. The molecule has 0 bridgehead atoms. The number of likely N-dealkylation sites (N-methyl/N-ethyl adjacent to an activating group) is 1. The highest BCUT2D eigenvalue weighted by Gasteiger charge is 2.41. The van der Waals surface area contributed by atoms with E-state index < -0.39 is 6.04 Å². The van der Waals surface area contributed by atoms with Crippen molar-refractivity contribution in [2.45, 2.75) is 186 Å². The molecule has 1 aliphatic rings. The summed E-state index contributed by atoms with van der Waals surface area (Å²) in [6, 6.07) is -0.917. The molecule has 2 atom stereocenters. The summed E-state index contributed by atoms with van der Waals surface area (Å²) in [4.78, 5) is 41.0. The number of carbonyl (C=O) groups is 3. The van der Waals surface area contributed by atoms with Crippen LogP contribution in [0.25, 0.3) is 0 Å². The SMILES string of the molecule is CCCCCCCCCCCCCCOC(=O)[C@@H]1C[C@@H](NC(=O)C[N+](C)(C)CCO)CN1C(=O)CCCCCCCCCCCCC. The average Bonchev–Trinajstić information content (AvgIpc) is 3.45. The van der Waals surface area contributed by atoms with Gasteiger partial charge >= 0.3 is 5.97 Å². The number of esters is 1. The molecule has 1 saturated heterocycles. The Morgan fingerprint density at radius 1 is 0.702 bits per heavy atom. The zero-order valence-electron chi connectivity index (χ0n) is 31.3. The predicted molar refractivity (Wildman–Crippen MR) is 194 cm³/mol. The molecule has 0 unspecified atom stereocenters. The largest absolute Gasteiger partial charge is 0.464 e. The highest BCUT2D eigenvalue weighted by molar-refractivity contribution is 5.86. The maximum atomic E-state index is 13.3. The Hall–Kier alpha value is -1.67. The number of rotatable bonds is 31. The summed E-state index contributed by atoms with van der Waals surface area (Å²) in [6.45, 7) is 5.96. The highest BCUT2D eigenvalue weighted by atomic mass is 16.5. The molecule has 276 valence electrons. The van der Waals surface area contributed by atoms with Crippen LogP contribution < -0.4 is 5.32 Å². The van der Waals surface area contributed by atoms with E-state index in [9.17, 15) is 19.5 Å². The van der Waals surface area contributed by atoms with Crippen LogP contribution in [0.5, 0.6) is 0 Å². The van der Waals surface area contributed by atoms with Gasteiger partial charge in [-0.1, -0.05) is 149 Å². The fourth-order valence-electron chi connectivity index (χ4n) is 6.75. The van der Waals surface area contributed by atoms with Gasteiger partial charge in [-0.15, -0.1) is 0 Å². The van der Waals surface area contributed by atoms with Gasteiger partial charge in [0.15, 0.2) is 6.54 Å². The average molecular weight is 667 g/mol. The summed E-state index contributed by atoms with van der Waals surface area (Å²) in [5.74, 6) is -0.480. The second-order valence-corrected chi connectivity index (χ2v) is 14.9. The van der Waals surface area contributed by atoms with Crippen LogP contribution in [0.2, 0.25) is 0 Å². The number of carbonyl (C=O) groups excluding carboxylic acids is 3. The van der Waals surface area contributed by atoms with Crippen LogP contribution in [0.4, 0.5) is 0 Å². The van der Waals surface area contributed by atoms with Gasteiger partial charge in [-0.2, -0.15) is 0 Å². The van der Waals surface area contributed by atoms with E-state index in [0.29, 0.717) is 37.0 Å². The number of likely N-dealkylation sites (tertiary alicyclic amines) is 1. The number of hydrogen-bond acceptors (Lipinski definition) is 5. The molecular formula is C39H76N3O5+. The molecule has 2 amide bonds. The van der Waals surface area contributed by atoms with Crippen LogP contribution in [0, 0.1) is 0 Å². The van der Waals surface area contributed by atoms with Crippen LogP contribution in [0.15, 0.2) is 0 Å². The third-order valence-corrected chi connectivity index (χ3v) is 9.77. The first-order valence-electron chi connectivity index (χ1n) is 19.9. The minimum atomic E-state index is -0.641. The van der Waals surface area contributed by atoms with Crippen molar-refractivity contribution in [1.29, 1.82) is 0 Å². The van der Waals surface area contributed by atoms with Crippen molar-refractivity contribution < 1.29 is 28.7 Å². The molecule has 47 heavy (non-hydrogen) atoms. The Kier molecular flexibility index (Phi) is 26.0. The van der Waals surface area contributed by atoms with E-state index in [2.05, 4.69) is 19.2 Å². The van der Waals surface area contributed by atoms with Crippen LogP contribution in [0.3, 0.4) is 0 Å². The number of ether oxygens (including phenoxy) is 1. The van der Waals surface area contributed by atoms with Crippen LogP contribution in [0.1, 0.15) is 174 Å². The van der Waals surface area contributed by atoms with Gasteiger partial charge in [0.05, 0.1) is 27.3 Å². The Morgan fingerprint density at radius 3 is 1.62 bits per heavy atom. The lowest BCUT2D eigenvalue weighted by Gasteiger charge is -2.28. The predicted octanol–water partition coefficient (Wildman–Crippen LogP) is 8.09. The smallest absolute Gasteiger partial charge is 0.328 e. The van der Waals surface area contributed by atoms with E-state index >= 15 is 0 Å². The fraction of sp³-hybridized carbons (Fsp3) is 0.923. The number of nitrogens with one attached hydrogen (secondary N) is 1. The van der Waals surface area contributed by atoms with Crippen LogP contribution in [-0.2, 0) is 19.1 Å². The molecule has 8 heteroatoms. The molecule has 0 aromatic carbocycles. The van der Waals surface area contributed by atoms with Gasteiger partial charge in [-0.3, -0.25) is 9.59 Å². The van der Waals surface area contributed by atoms with Gasteiger partial charge in [0.2, 0.25) is 5.91 Å².